The van der Waals surface area contributed by atoms with Gasteiger partial charge < -0.3 is 10.0 Å². The molecule has 112 valence electrons. The first-order valence-electron chi connectivity index (χ1n) is 6.84. The number of piperazine rings is 1. The first-order chi connectivity index (χ1) is 10.1. The summed E-state index contributed by atoms with van der Waals surface area (Å²) < 4.78 is 2.34. The number of thiophene rings is 2. The molecule has 0 atom stereocenters. The molecule has 2 aromatic rings. The molecule has 1 N–H and O–H groups in total. The standard InChI is InChI=1S/C14H16N2O3S2/c17-13(18)1-3-15-4-6-16(7-5-15)14(19)12-9-11-10(21-12)2-8-20-11/h2,8-9H,1,3-7H2,(H,17,18). The number of nitrogens with zero attached hydrogens (tertiary/aromatic N) is 2. The van der Waals surface area contributed by atoms with E-state index in [1.54, 1.807) is 22.7 Å². The molecule has 1 fully saturated rings. The van der Waals surface area contributed by atoms with Gasteiger partial charge in [-0.25, -0.2) is 0 Å². The van der Waals surface area contributed by atoms with E-state index in [0.29, 0.717) is 19.6 Å². The van der Waals surface area contributed by atoms with Crippen molar-refractivity contribution >= 4 is 43.9 Å². The van der Waals surface area contributed by atoms with Crippen LogP contribution in [-0.4, -0.2) is 59.5 Å². The molecule has 7 heteroatoms. The number of carbonyl (C=O) groups is 2. The van der Waals surface area contributed by atoms with Crippen LogP contribution < -0.4 is 0 Å². The van der Waals surface area contributed by atoms with Crippen LogP contribution in [0.4, 0.5) is 0 Å². The number of aliphatic carboxylic acids is 1. The fraction of sp³-hybridized carbons (Fsp3) is 0.429. The largest absolute Gasteiger partial charge is 0.481 e. The average Bonchev–Trinajstić information content (AvgIpc) is 3.06. The van der Waals surface area contributed by atoms with Crippen LogP contribution in [0.2, 0.25) is 0 Å². The number of hydrogen-bond acceptors (Lipinski definition) is 5. The van der Waals surface area contributed by atoms with Crippen LogP contribution in [0.25, 0.3) is 9.40 Å². The molecule has 2 aromatic heterocycles. The van der Waals surface area contributed by atoms with Crippen molar-refractivity contribution in [3.8, 4) is 0 Å². The third-order valence-corrected chi connectivity index (χ3v) is 5.73. The minimum Gasteiger partial charge on any atom is -0.481 e. The minimum atomic E-state index is -0.771. The SMILES string of the molecule is O=C(O)CCN1CCN(C(=O)c2cc3sccc3s2)CC1. The van der Waals surface area contributed by atoms with Gasteiger partial charge >= 0.3 is 5.97 Å². The molecule has 0 unspecified atom stereocenters. The Balaban J connectivity index is 1.57. The van der Waals surface area contributed by atoms with Crippen molar-refractivity contribution in [2.45, 2.75) is 6.42 Å². The number of fused-ring (bicyclic) bond motifs is 1. The second-order valence-corrected chi connectivity index (χ2v) is 7.07. The molecule has 1 amide bonds. The molecular formula is C14H16N2O3S2. The Morgan fingerprint density at radius 3 is 2.62 bits per heavy atom. The third kappa shape index (κ3) is 3.25. The minimum absolute atomic E-state index is 0.0984. The summed E-state index contributed by atoms with van der Waals surface area (Å²) in [5.41, 5.74) is 0. The Bertz CT molecular complexity index is 628. The summed E-state index contributed by atoms with van der Waals surface area (Å²) in [5.74, 6) is -0.673. The zero-order chi connectivity index (χ0) is 14.8. The number of rotatable bonds is 4. The summed E-state index contributed by atoms with van der Waals surface area (Å²) >= 11 is 3.21. The molecule has 1 aliphatic heterocycles. The van der Waals surface area contributed by atoms with E-state index in [1.807, 2.05) is 22.4 Å². The molecule has 3 rings (SSSR count). The van der Waals surface area contributed by atoms with Crippen LogP contribution in [0.1, 0.15) is 16.1 Å². The van der Waals surface area contributed by atoms with Crippen LogP contribution in [0.5, 0.6) is 0 Å². The molecule has 0 radical (unpaired) electrons. The highest BCUT2D eigenvalue weighted by Gasteiger charge is 2.23. The molecule has 0 bridgehead atoms. The smallest absolute Gasteiger partial charge is 0.304 e. The monoisotopic (exact) mass is 324 g/mol. The van der Waals surface area contributed by atoms with Gasteiger partial charge in [-0.05, 0) is 17.5 Å². The van der Waals surface area contributed by atoms with E-state index >= 15 is 0 Å². The molecule has 0 saturated carbocycles. The van der Waals surface area contributed by atoms with Gasteiger partial charge in [0.2, 0.25) is 0 Å². The van der Waals surface area contributed by atoms with Gasteiger partial charge in [0.05, 0.1) is 11.3 Å². The number of carboxylic acids is 1. The lowest BCUT2D eigenvalue weighted by molar-refractivity contribution is -0.137. The second kappa shape index (κ2) is 6.13. The lowest BCUT2D eigenvalue weighted by Gasteiger charge is -2.34. The van der Waals surface area contributed by atoms with Gasteiger partial charge in [-0.1, -0.05) is 0 Å². The summed E-state index contributed by atoms with van der Waals surface area (Å²) in [6.07, 6.45) is 0.162. The van der Waals surface area contributed by atoms with Gasteiger partial charge in [-0.15, -0.1) is 22.7 Å². The van der Waals surface area contributed by atoms with Crippen LogP contribution in [0.3, 0.4) is 0 Å². The van der Waals surface area contributed by atoms with Gasteiger partial charge in [0.1, 0.15) is 0 Å². The second-order valence-electron chi connectivity index (χ2n) is 5.04. The van der Waals surface area contributed by atoms with E-state index in [2.05, 4.69) is 4.90 Å². The summed E-state index contributed by atoms with van der Waals surface area (Å²) in [7, 11) is 0. The van der Waals surface area contributed by atoms with Crippen LogP contribution in [0.15, 0.2) is 17.5 Å². The average molecular weight is 324 g/mol. The fourth-order valence-corrected chi connectivity index (χ4v) is 4.53. The highest BCUT2D eigenvalue weighted by atomic mass is 32.1. The van der Waals surface area contributed by atoms with Gasteiger partial charge in [0, 0.05) is 42.1 Å². The van der Waals surface area contributed by atoms with Crippen molar-refractivity contribution in [1.82, 2.24) is 9.80 Å². The van der Waals surface area contributed by atoms with E-state index in [-0.39, 0.29) is 12.3 Å². The van der Waals surface area contributed by atoms with Crippen LogP contribution in [0, 0.1) is 0 Å². The lowest BCUT2D eigenvalue weighted by Crippen LogP contribution is -2.48. The van der Waals surface area contributed by atoms with Crippen molar-refractivity contribution in [1.29, 1.82) is 0 Å². The zero-order valence-corrected chi connectivity index (χ0v) is 13.1. The number of carbonyl (C=O) groups excluding carboxylic acids is 1. The maximum Gasteiger partial charge on any atom is 0.304 e. The quantitative estimate of drug-likeness (QED) is 0.936. The topological polar surface area (TPSA) is 60.9 Å². The van der Waals surface area contributed by atoms with Crippen molar-refractivity contribution < 1.29 is 14.7 Å². The Hall–Kier alpha value is -1.44. The van der Waals surface area contributed by atoms with Gasteiger partial charge in [0.25, 0.3) is 5.91 Å². The third-order valence-electron chi connectivity index (χ3n) is 3.65. The fourth-order valence-electron chi connectivity index (χ4n) is 2.46. The molecule has 3 heterocycles. The first-order valence-corrected chi connectivity index (χ1v) is 8.53. The normalized spacial score (nSPS) is 16.5. The Kier molecular flexibility index (Phi) is 4.23. The van der Waals surface area contributed by atoms with Gasteiger partial charge in [0.15, 0.2) is 0 Å². The van der Waals surface area contributed by atoms with Gasteiger partial charge in [-0.3, -0.25) is 14.5 Å². The molecule has 0 aromatic carbocycles. The molecule has 21 heavy (non-hydrogen) atoms. The summed E-state index contributed by atoms with van der Waals surface area (Å²) in [6, 6.07) is 4.02. The maximum atomic E-state index is 12.5. The molecule has 1 saturated heterocycles. The molecule has 5 nitrogen and oxygen atoms in total. The predicted molar refractivity (Wildman–Crippen MR) is 84.3 cm³/mol. The van der Waals surface area contributed by atoms with E-state index in [4.69, 9.17) is 5.11 Å². The van der Waals surface area contributed by atoms with Crippen LogP contribution >= 0.6 is 22.7 Å². The summed E-state index contributed by atoms with van der Waals surface area (Å²) in [5, 5.41) is 10.7. The Morgan fingerprint density at radius 1 is 1.19 bits per heavy atom. The Labute approximate surface area is 130 Å². The van der Waals surface area contributed by atoms with Gasteiger partial charge in [-0.2, -0.15) is 0 Å². The van der Waals surface area contributed by atoms with Crippen LogP contribution in [-0.2, 0) is 4.79 Å². The number of hydrogen-bond donors (Lipinski definition) is 1. The maximum absolute atomic E-state index is 12.5. The van der Waals surface area contributed by atoms with E-state index in [0.717, 1.165) is 18.0 Å². The van der Waals surface area contributed by atoms with Crippen molar-refractivity contribution in [3.63, 3.8) is 0 Å². The summed E-state index contributed by atoms with van der Waals surface area (Å²) in [4.78, 5) is 27.8. The number of carboxylic acid groups (broad SMARTS) is 1. The summed E-state index contributed by atoms with van der Waals surface area (Å²) in [6.45, 7) is 3.40. The highest BCUT2D eigenvalue weighted by Crippen LogP contribution is 2.30. The van der Waals surface area contributed by atoms with E-state index in [1.165, 1.54) is 9.40 Å². The first kappa shape index (κ1) is 14.5. The number of amides is 1. The van der Waals surface area contributed by atoms with E-state index < -0.39 is 5.97 Å². The predicted octanol–water partition coefficient (Wildman–Crippen LogP) is 2.20. The zero-order valence-electron chi connectivity index (χ0n) is 11.4. The molecule has 0 spiro atoms. The van der Waals surface area contributed by atoms with Crippen molar-refractivity contribution in [3.05, 3.63) is 22.4 Å². The van der Waals surface area contributed by atoms with Crippen molar-refractivity contribution in [2.75, 3.05) is 32.7 Å². The Morgan fingerprint density at radius 2 is 1.95 bits per heavy atom. The van der Waals surface area contributed by atoms with Crippen molar-refractivity contribution in [2.24, 2.45) is 0 Å². The lowest BCUT2D eigenvalue weighted by atomic mass is 10.2. The molecule has 1 aliphatic rings. The highest BCUT2D eigenvalue weighted by molar-refractivity contribution is 7.27. The van der Waals surface area contributed by atoms with E-state index in [9.17, 15) is 9.59 Å². The molecular weight excluding hydrogens is 308 g/mol. The molecule has 0 aliphatic carbocycles.